The quantitative estimate of drug-likeness (QED) is 0.741. The van der Waals surface area contributed by atoms with E-state index in [1.165, 1.54) is 5.57 Å². The van der Waals surface area contributed by atoms with Gasteiger partial charge in [-0.1, -0.05) is 11.6 Å². The molecule has 0 bridgehead atoms. The zero-order chi connectivity index (χ0) is 11.1. The molecule has 0 aliphatic carbocycles. The van der Waals surface area contributed by atoms with Gasteiger partial charge < -0.3 is 5.32 Å². The van der Waals surface area contributed by atoms with Crippen molar-refractivity contribution in [1.29, 1.82) is 0 Å². The van der Waals surface area contributed by atoms with Crippen molar-refractivity contribution in [3.8, 4) is 0 Å². The van der Waals surface area contributed by atoms with Gasteiger partial charge in [0, 0.05) is 18.4 Å². The summed E-state index contributed by atoms with van der Waals surface area (Å²) >= 11 is 0. The second kappa shape index (κ2) is 6.23. The minimum Gasteiger partial charge on any atom is -0.381 e. The number of nitrogens with zero attached hydrogens (tertiary/aromatic N) is 1. The van der Waals surface area contributed by atoms with Gasteiger partial charge in [-0.05, 0) is 45.7 Å². The SMILES string of the molecule is CC(C)=CCCC(C)Nc1cccnc1. The summed E-state index contributed by atoms with van der Waals surface area (Å²) in [6, 6.07) is 4.49. The molecule has 2 heteroatoms. The minimum atomic E-state index is 0.491. The predicted octanol–water partition coefficient (Wildman–Crippen LogP) is 3.63. The smallest absolute Gasteiger partial charge is 0.0528 e. The Balaban J connectivity index is 2.30. The molecular formula is C13H20N2. The Labute approximate surface area is 92.4 Å². The Morgan fingerprint density at radius 1 is 1.53 bits per heavy atom. The Morgan fingerprint density at radius 2 is 2.33 bits per heavy atom. The highest BCUT2D eigenvalue weighted by atomic mass is 14.9. The molecule has 0 saturated heterocycles. The van der Waals surface area contributed by atoms with Crippen LogP contribution in [0.4, 0.5) is 5.69 Å². The van der Waals surface area contributed by atoms with Crippen molar-refractivity contribution in [2.75, 3.05) is 5.32 Å². The maximum absolute atomic E-state index is 4.07. The normalized spacial score (nSPS) is 11.9. The summed E-state index contributed by atoms with van der Waals surface area (Å²) in [4.78, 5) is 4.07. The summed E-state index contributed by atoms with van der Waals surface area (Å²) in [5.41, 5.74) is 2.49. The fraction of sp³-hybridized carbons (Fsp3) is 0.462. The third-order valence-electron chi connectivity index (χ3n) is 2.23. The van der Waals surface area contributed by atoms with Gasteiger partial charge in [0.1, 0.15) is 0 Å². The van der Waals surface area contributed by atoms with Gasteiger partial charge in [0.15, 0.2) is 0 Å². The molecule has 0 amide bonds. The first-order chi connectivity index (χ1) is 7.18. The highest BCUT2D eigenvalue weighted by Crippen LogP contribution is 2.09. The van der Waals surface area contributed by atoms with Crippen molar-refractivity contribution < 1.29 is 0 Å². The Hall–Kier alpha value is -1.31. The lowest BCUT2D eigenvalue weighted by Crippen LogP contribution is -2.14. The number of nitrogens with one attached hydrogen (secondary N) is 1. The second-order valence-electron chi connectivity index (χ2n) is 4.15. The van der Waals surface area contributed by atoms with Crippen LogP contribution in [-0.2, 0) is 0 Å². The molecule has 1 atom stereocenters. The van der Waals surface area contributed by atoms with E-state index in [0.29, 0.717) is 6.04 Å². The molecule has 1 N–H and O–H groups in total. The standard InChI is InChI=1S/C13H20N2/c1-11(2)6-4-7-12(3)15-13-8-5-9-14-10-13/h5-6,8-10,12,15H,4,7H2,1-3H3. The topological polar surface area (TPSA) is 24.9 Å². The van der Waals surface area contributed by atoms with Gasteiger partial charge in [-0.15, -0.1) is 0 Å². The molecule has 1 rings (SSSR count). The van der Waals surface area contributed by atoms with Crippen LogP contribution < -0.4 is 5.32 Å². The molecule has 82 valence electrons. The number of hydrogen-bond donors (Lipinski definition) is 1. The predicted molar refractivity (Wildman–Crippen MR) is 66.0 cm³/mol. The largest absolute Gasteiger partial charge is 0.381 e. The third-order valence-corrected chi connectivity index (χ3v) is 2.23. The Kier molecular flexibility index (Phi) is 4.88. The molecule has 1 aromatic rings. The fourth-order valence-electron chi connectivity index (χ4n) is 1.43. The van der Waals surface area contributed by atoms with E-state index in [2.05, 4.69) is 37.1 Å². The molecule has 0 aromatic carbocycles. The molecule has 1 heterocycles. The average Bonchev–Trinajstić information content (AvgIpc) is 2.18. The van der Waals surface area contributed by atoms with Crippen LogP contribution in [0.25, 0.3) is 0 Å². The highest BCUT2D eigenvalue weighted by Gasteiger charge is 1.99. The van der Waals surface area contributed by atoms with E-state index in [1.54, 1.807) is 6.20 Å². The van der Waals surface area contributed by atoms with Crippen molar-refractivity contribution in [1.82, 2.24) is 4.98 Å². The van der Waals surface area contributed by atoms with Crippen LogP contribution in [0.2, 0.25) is 0 Å². The summed E-state index contributed by atoms with van der Waals surface area (Å²) in [6.45, 7) is 6.48. The molecule has 2 nitrogen and oxygen atoms in total. The summed E-state index contributed by atoms with van der Waals surface area (Å²) in [5.74, 6) is 0. The summed E-state index contributed by atoms with van der Waals surface area (Å²) in [7, 11) is 0. The molecule has 1 aromatic heterocycles. The molecule has 0 radical (unpaired) electrons. The number of rotatable bonds is 5. The number of anilines is 1. The van der Waals surface area contributed by atoms with Crippen molar-refractivity contribution in [3.05, 3.63) is 36.2 Å². The molecule has 0 aliphatic heterocycles. The van der Waals surface area contributed by atoms with E-state index in [4.69, 9.17) is 0 Å². The van der Waals surface area contributed by atoms with Gasteiger partial charge in [-0.25, -0.2) is 0 Å². The van der Waals surface area contributed by atoms with Crippen LogP contribution in [0.15, 0.2) is 36.2 Å². The molecule has 0 saturated carbocycles. The van der Waals surface area contributed by atoms with E-state index < -0.39 is 0 Å². The fourth-order valence-corrected chi connectivity index (χ4v) is 1.43. The van der Waals surface area contributed by atoms with Gasteiger partial charge in [-0.3, -0.25) is 4.98 Å². The summed E-state index contributed by atoms with van der Waals surface area (Å²) < 4.78 is 0. The van der Waals surface area contributed by atoms with E-state index in [-0.39, 0.29) is 0 Å². The van der Waals surface area contributed by atoms with E-state index in [0.717, 1.165) is 18.5 Å². The minimum absolute atomic E-state index is 0.491. The summed E-state index contributed by atoms with van der Waals surface area (Å²) in [6.07, 6.45) is 8.22. The average molecular weight is 204 g/mol. The van der Waals surface area contributed by atoms with Gasteiger partial charge in [-0.2, -0.15) is 0 Å². The van der Waals surface area contributed by atoms with E-state index in [9.17, 15) is 0 Å². The third kappa shape index (κ3) is 5.21. The lowest BCUT2D eigenvalue weighted by atomic mass is 10.1. The summed E-state index contributed by atoms with van der Waals surface area (Å²) in [5, 5.41) is 3.42. The second-order valence-corrected chi connectivity index (χ2v) is 4.15. The van der Waals surface area contributed by atoms with Crippen molar-refractivity contribution in [2.45, 2.75) is 39.7 Å². The van der Waals surface area contributed by atoms with Crippen molar-refractivity contribution in [2.24, 2.45) is 0 Å². The first kappa shape index (κ1) is 11.8. The van der Waals surface area contributed by atoms with Crippen LogP contribution in [0.5, 0.6) is 0 Å². The van der Waals surface area contributed by atoms with Crippen LogP contribution in [-0.4, -0.2) is 11.0 Å². The first-order valence-corrected chi connectivity index (χ1v) is 5.48. The Morgan fingerprint density at radius 3 is 2.93 bits per heavy atom. The van der Waals surface area contributed by atoms with Crippen molar-refractivity contribution >= 4 is 5.69 Å². The van der Waals surface area contributed by atoms with Gasteiger partial charge in [0.2, 0.25) is 0 Å². The van der Waals surface area contributed by atoms with Crippen LogP contribution >= 0.6 is 0 Å². The lowest BCUT2D eigenvalue weighted by Gasteiger charge is -2.13. The molecule has 0 spiro atoms. The molecule has 15 heavy (non-hydrogen) atoms. The molecular weight excluding hydrogens is 184 g/mol. The van der Waals surface area contributed by atoms with E-state index >= 15 is 0 Å². The molecule has 1 unspecified atom stereocenters. The zero-order valence-corrected chi connectivity index (χ0v) is 9.83. The zero-order valence-electron chi connectivity index (χ0n) is 9.83. The van der Waals surface area contributed by atoms with Crippen LogP contribution in [0.3, 0.4) is 0 Å². The Bertz CT molecular complexity index is 300. The maximum atomic E-state index is 4.07. The number of aromatic nitrogens is 1. The highest BCUT2D eigenvalue weighted by molar-refractivity contribution is 5.40. The first-order valence-electron chi connectivity index (χ1n) is 5.48. The lowest BCUT2D eigenvalue weighted by molar-refractivity contribution is 0.716. The van der Waals surface area contributed by atoms with Crippen molar-refractivity contribution in [3.63, 3.8) is 0 Å². The van der Waals surface area contributed by atoms with Crippen LogP contribution in [0.1, 0.15) is 33.6 Å². The maximum Gasteiger partial charge on any atom is 0.0528 e. The van der Waals surface area contributed by atoms with E-state index in [1.807, 2.05) is 18.3 Å². The van der Waals surface area contributed by atoms with Gasteiger partial charge >= 0.3 is 0 Å². The van der Waals surface area contributed by atoms with Gasteiger partial charge in [0.05, 0.1) is 5.69 Å². The number of hydrogen-bond acceptors (Lipinski definition) is 2. The van der Waals surface area contributed by atoms with Gasteiger partial charge in [0.25, 0.3) is 0 Å². The number of allylic oxidation sites excluding steroid dienone is 2. The molecule has 0 fully saturated rings. The molecule has 0 aliphatic rings. The monoisotopic (exact) mass is 204 g/mol. The van der Waals surface area contributed by atoms with Crippen LogP contribution in [0, 0.1) is 0 Å². The number of pyridine rings is 1.